The number of carbonyl (C=O) groups excluding carboxylic acids is 2. The standard InChI is InChI=1S/C27H26N4O3S/c1-3-20-14-10-11-19(2)25(20)28-23(32)17-34-24(33)18-35-27-30-29-26(21-12-6-4-7-13-21)31(27)22-15-8-5-9-16-22/h4-16H,3,17-18H2,1-2H3,(H,28,32). The summed E-state index contributed by atoms with van der Waals surface area (Å²) in [5.41, 5.74) is 4.58. The van der Waals surface area contributed by atoms with Crippen molar-refractivity contribution in [2.45, 2.75) is 25.4 Å². The maximum atomic E-state index is 12.4. The summed E-state index contributed by atoms with van der Waals surface area (Å²) < 4.78 is 7.13. The van der Waals surface area contributed by atoms with Gasteiger partial charge >= 0.3 is 5.97 Å². The monoisotopic (exact) mass is 486 g/mol. The third-order valence-electron chi connectivity index (χ3n) is 5.37. The van der Waals surface area contributed by atoms with Gasteiger partial charge in [0.2, 0.25) is 0 Å². The average molecular weight is 487 g/mol. The summed E-state index contributed by atoms with van der Waals surface area (Å²) in [5, 5.41) is 12.1. The number of aromatic nitrogens is 3. The summed E-state index contributed by atoms with van der Waals surface area (Å²) in [4.78, 5) is 24.8. The molecule has 1 N–H and O–H groups in total. The van der Waals surface area contributed by atoms with Crippen LogP contribution in [-0.4, -0.2) is 39.0 Å². The number of anilines is 1. The SMILES string of the molecule is CCc1cccc(C)c1NC(=O)COC(=O)CSc1nnc(-c2ccccc2)n1-c1ccccc1. The molecule has 35 heavy (non-hydrogen) atoms. The molecule has 0 aliphatic heterocycles. The Kier molecular flexibility index (Phi) is 7.95. The van der Waals surface area contributed by atoms with Crippen LogP contribution < -0.4 is 5.32 Å². The van der Waals surface area contributed by atoms with Gasteiger partial charge in [0, 0.05) is 16.9 Å². The molecule has 4 rings (SSSR count). The number of benzene rings is 3. The van der Waals surface area contributed by atoms with E-state index in [1.807, 2.05) is 97.3 Å². The largest absolute Gasteiger partial charge is 0.455 e. The molecule has 7 nitrogen and oxygen atoms in total. The summed E-state index contributed by atoms with van der Waals surface area (Å²) in [6.45, 7) is 3.61. The number of hydrogen-bond donors (Lipinski definition) is 1. The number of aryl methyl sites for hydroxylation is 2. The molecule has 0 aliphatic rings. The lowest BCUT2D eigenvalue weighted by Gasteiger charge is -2.13. The molecule has 0 unspecified atom stereocenters. The van der Waals surface area contributed by atoms with Crippen LogP contribution in [0.2, 0.25) is 0 Å². The number of amides is 1. The second kappa shape index (κ2) is 11.5. The van der Waals surface area contributed by atoms with Gasteiger partial charge in [0.05, 0.1) is 5.75 Å². The third-order valence-corrected chi connectivity index (χ3v) is 6.27. The first kappa shape index (κ1) is 24.2. The van der Waals surface area contributed by atoms with E-state index in [1.165, 1.54) is 11.8 Å². The lowest BCUT2D eigenvalue weighted by atomic mass is 10.1. The van der Waals surface area contributed by atoms with E-state index in [0.717, 1.165) is 34.5 Å². The minimum atomic E-state index is -0.505. The molecule has 0 bridgehead atoms. The van der Waals surface area contributed by atoms with E-state index < -0.39 is 5.97 Å². The van der Waals surface area contributed by atoms with Crippen LogP contribution in [0.5, 0.6) is 0 Å². The van der Waals surface area contributed by atoms with Crippen molar-refractivity contribution in [3.05, 3.63) is 90.0 Å². The maximum absolute atomic E-state index is 12.4. The quantitative estimate of drug-likeness (QED) is 0.262. The molecular weight excluding hydrogens is 460 g/mol. The number of ether oxygens (including phenoxy) is 1. The van der Waals surface area contributed by atoms with Crippen LogP contribution in [-0.2, 0) is 20.7 Å². The number of thioether (sulfide) groups is 1. The highest BCUT2D eigenvalue weighted by atomic mass is 32.2. The first-order chi connectivity index (χ1) is 17.1. The van der Waals surface area contributed by atoms with Crippen molar-refractivity contribution in [3.8, 4) is 17.1 Å². The summed E-state index contributed by atoms with van der Waals surface area (Å²) in [5.74, 6) is -0.199. The molecule has 0 fully saturated rings. The molecule has 0 spiro atoms. The Hall–Kier alpha value is -3.91. The van der Waals surface area contributed by atoms with Crippen LogP contribution in [0.15, 0.2) is 84.0 Å². The Balaban J connectivity index is 1.40. The van der Waals surface area contributed by atoms with Gasteiger partial charge in [-0.2, -0.15) is 0 Å². The van der Waals surface area contributed by atoms with E-state index in [9.17, 15) is 9.59 Å². The molecule has 4 aromatic rings. The van der Waals surface area contributed by atoms with Crippen molar-refractivity contribution in [1.82, 2.24) is 14.8 Å². The van der Waals surface area contributed by atoms with Gasteiger partial charge in [-0.25, -0.2) is 0 Å². The van der Waals surface area contributed by atoms with Gasteiger partial charge in [-0.05, 0) is 36.6 Å². The van der Waals surface area contributed by atoms with Crippen LogP contribution in [0.4, 0.5) is 5.69 Å². The summed E-state index contributed by atoms with van der Waals surface area (Å²) >= 11 is 1.21. The number of esters is 1. The average Bonchev–Trinajstić information content (AvgIpc) is 3.32. The molecule has 178 valence electrons. The lowest BCUT2D eigenvalue weighted by Crippen LogP contribution is -2.22. The van der Waals surface area contributed by atoms with Gasteiger partial charge in [0.1, 0.15) is 0 Å². The fourth-order valence-corrected chi connectivity index (χ4v) is 4.39. The number of para-hydroxylation sites is 2. The lowest BCUT2D eigenvalue weighted by molar-refractivity contribution is -0.144. The van der Waals surface area contributed by atoms with Crippen LogP contribution in [0.25, 0.3) is 17.1 Å². The minimum absolute atomic E-state index is 0.00237. The van der Waals surface area contributed by atoms with E-state index in [0.29, 0.717) is 11.0 Å². The van der Waals surface area contributed by atoms with Gasteiger partial charge in [-0.3, -0.25) is 14.2 Å². The van der Waals surface area contributed by atoms with Gasteiger partial charge in [0.25, 0.3) is 5.91 Å². The minimum Gasteiger partial charge on any atom is -0.455 e. The number of hydrogen-bond acceptors (Lipinski definition) is 6. The van der Waals surface area contributed by atoms with Crippen LogP contribution in [0, 0.1) is 6.92 Å². The van der Waals surface area contributed by atoms with Gasteiger partial charge in [0.15, 0.2) is 17.6 Å². The molecule has 0 atom stereocenters. The topological polar surface area (TPSA) is 86.1 Å². The molecule has 0 radical (unpaired) electrons. The highest BCUT2D eigenvalue weighted by molar-refractivity contribution is 7.99. The van der Waals surface area contributed by atoms with E-state index in [-0.39, 0.29) is 18.3 Å². The van der Waals surface area contributed by atoms with Crippen molar-refractivity contribution in [3.63, 3.8) is 0 Å². The first-order valence-corrected chi connectivity index (χ1v) is 12.3. The van der Waals surface area contributed by atoms with Gasteiger partial charge in [-0.15, -0.1) is 10.2 Å². The highest BCUT2D eigenvalue weighted by Crippen LogP contribution is 2.28. The van der Waals surface area contributed by atoms with E-state index >= 15 is 0 Å². The van der Waals surface area contributed by atoms with E-state index in [4.69, 9.17) is 4.74 Å². The fourth-order valence-electron chi connectivity index (χ4n) is 3.64. The Bertz CT molecular complexity index is 1310. The number of carbonyl (C=O) groups is 2. The van der Waals surface area contributed by atoms with Crippen molar-refractivity contribution >= 4 is 29.3 Å². The van der Waals surface area contributed by atoms with Crippen molar-refractivity contribution in [1.29, 1.82) is 0 Å². The molecule has 0 saturated heterocycles. The zero-order valence-electron chi connectivity index (χ0n) is 19.6. The highest BCUT2D eigenvalue weighted by Gasteiger charge is 2.18. The molecular formula is C27H26N4O3S. The fraction of sp³-hybridized carbons (Fsp3) is 0.185. The zero-order chi connectivity index (χ0) is 24.6. The predicted octanol–water partition coefficient (Wildman–Crippen LogP) is 5.08. The molecule has 1 aromatic heterocycles. The zero-order valence-corrected chi connectivity index (χ0v) is 20.4. The van der Waals surface area contributed by atoms with Crippen molar-refractivity contribution in [2.24, 2.45) is 0 Å². The number of nitrogens with zero attached hydrogens (tertiary/aromatic N) is 3. The van der Waals surface area contributed by atoms with Gasteiger partial charge < -0.3 is 10.1 Å². The Labute approximate surface area is 208 Å². The van der Waals surface area contributed by atoms with E-state index in [1.54, 1.807) is 0 Å². The molecule has 0 saturated carbocycles. The van der Waals surface area contributed by atoms with Gasteiger partial charge in [-0.1, -0.05) is 85.4 Å². The van der Waals surface area contributed by atoms with Crippen molar-refractivity contribution in [2.75, 3.05) is 17.7 Å². The smallest absolute Gasteiger partial charge is 0.316 e. The second-order valence-corrected chi connectivity index (χ2v) is 8.75. The molecule has 1 amide bonds. The molecule has 1 heterocycles. The number of rotatable bonds is 9. The first-order valence-electron chi connectivity index (χ1n) is 11.3. The molecule has 8 heteroatoms. The van der Waals surface area contributed by atoms with Crippen molar-refractivity contribution < 1.29 is 14.3 Å². The Morgan fingerprint density at radius 3 is 2.37 bits per heavy atom. The summed E-state index contributed by atoms with van der Waals surface area (Å²) in [6.07, 6.45) is 0.792. The van der Waals surface area contributed by atoms with Crippen LogP contribution in [0.1, 0.15) is 18.1 Å². The molecule has 3 aromatic carbocycles. The second-order valence-electron chi connectivity index (χ2n) is 7.80. The maximum Gasteiger partial charge on any atom is 0.316 e. The summed E-state index contributed by atoms with van der Waals surface area (Å²) in [7, 11) is 0. The Morgan fingerprint density at radius 1 is 0.943 bits per heavy atom. The predicted molar refractivity (Wildman–Crippen MR) is 138 cm³/mol. The number of nitrogens with one attached hydrogen (secondary N) is 1. The van der Waals surface area contributed by atoms with Crippen LogP contribution >= 0.6 is 11.8 Å². The third kappa shape index (κ3) is 5.96. The Morgan fingerprint density at radius 2 is 1.66 bits per heavy atom. The molecule has 0 aliphatic carbocycles. The normalized spacial score (nSPS) is 10.7. The summed E-state index contributed by atoms with van der Waals surface area (Å²) in [6, 6.07) is 25.3. The van der Waals surface area contributed by atoms with E-state index in [2.05, 4.69) is 15.5 Å². The van der Waals surface area contributed by atoms with Crippen LogP contribution in [0.3, 0.4) is 0 Å².